The molecule has 0 aliphatic carbocycles. The van der Waals surface area contributed by atoms with Crippen LogP contribution in [0.4, 0.5) is 0 Å². The molecule has 1 atom stereocenters. The van der Waals surface area contributed by atoms with E-state index in [0.717, 1.165) is 11.4 Å². The van der Waals surface area contributed by atoms with Crippen molar-refractivity contribution in [1.29, 1.82) is 0 Å². The van der Waals surface area contributed by atoms with Gasteiger partial charge in [0.15, 0.2) is 5.82 Å². The molecule has 2 heterocycles. The third-order valence-electron chi connectivity index (χ3n) is 3.13. The summed E-state index contributed by atoms with van der Waals surface area (Å²) in [7, 11) is 0. The van der Waals surface area contributed by atoms with E-state index in [1.165, 1.54) is 18.3 Å². The van der Waals surface area contributed by atoms with Crippen molar-refractivity contribution in [2.45, 2.75) is 39.4 Å². The quantitative estimate of drug-likeness (QED) is 0.803. The molecular formula is C14H19N5O2S. The number of aromatic nitrogens is 3. The summed E-state index contributed by atoms with van der Waals surface area (Å²) in [5.74, 6) is 0.415. The number of hydrogen-bond donors (Lipinski definition) is 2. The van der Waals surface area contributed by atoms with Crippen LogP contribution in [0, 0.1) is 0 Å². The van der Waals surface area contributed by atoms with Crippen LogP contribution < -0.4 is 10.6 Å². The molecule has 0 aliphatic heterocycles. The summed E-state index contributed by atoms with van der Waals surface area (Å²) >= 11 is 1.52. The fraction of sp³-hybridized carbons (Fsp3) is 0.429. The molecule has 0 saturated heterocycles. The summed E-state index contributed by atoms with van der Waals surface area (Å²) in [6.07, 6.45) is 1.83. The summed E-state index contributed by atoms with van der Waals surface area (Å²) in [5.41, 5.74) is 0. The molecule has 2 N–H and O–H groups in total. The molecule has 0 aliphatic rings. The molecule has 0 saturated carbocycles. The first-order valence-corrected chi connectivity index (χ1v) is 7.92. The van der Waals surface area contributed by atoms with Crippen molar-refractivity contribution < 1.29 is 9.59 Å². The molecule has 22 heavy (non-hydrogen) atoms. The van der Waals surface area contributed by atoms with Gasteiger partial charge >= 0.3 is 0 Å². The van der Waals surface area contributed by atoms with Crippen LogP contribution in [0.2, 0.25) is 0 Å². The van der Waals surface area contributed by atoms with Gasteiger partial charge in [-0.15, -0.1) is 21.5 Å². The smallest absolute Gasteiger partial charge is 0.222 e. The van der Waals surface area contributed by atoms with Gasteiger partial charge in [0.2, 0.25) is 11.8 Å². The molecule has 7 nitrogen and oxygen atoms in total. The van der Waals surface area contributed by atoms with E-state index < -0.39 is 0 Å². The van der Waals surface area contributed by atoms with E-state index in [0.29, 0.717) is 12.4 Å². The highest BCUT2D eigenvalue weighted by molar-refractivity contribution is 7.10. The number of hydrogen-bond acceptors (Lipinski definition) is 5. The largest absolute Gasteiger partial charge is 0.349 e. The summed E-state index contributed by atoms with van der Waals surface area (Å²) in [4.78, 5) is 24.4. The molecule has 0 fully saturated rings. The Kier molecular flexibility index (Phi) is 5.65. The summed E-state index contributed by atoms with van der Waals surface area (Å²) in [6.45, 7) is 4.51. The molecule has 2 amide bonds. The fourth-order valence-corrected chi connectivity index (χ4v) is 2.85. The number of rotatable bonds is 7. The maximum atomic E-state index is 12.1. The Hall–Kier alpha value is -2.22. The zero-order valence-electron chi connectivity index (χ0n) is 12.6. The second kappa shape index (κ2) is 7.69. The van der Waals surface area contributed by atoms with Gasteiger partial charge in [0.05, 0.1) is 19.0 Å². The Labute approximate surface area is 132 Å². The topological polar surface area (TPSA) is 88.9 Å². The molecule has 8 heteroatoms. The summed E-state index contributed by atoms with van der Waals surface area (Å²) < 4.78 is 1.87. The average molecular weight is 321 g/mol. The first kappa shape index (κ1) is 16.2. The number of amides is 2. The third-order valence-corrected chi connectivity index (χ3v) is 4.12. The molecule has 0 bridgehead atoms. The molecule has 0 unspecified atom stereocenters. The average Bonchev–Trinajstić information content (AvgIpc) is 3.15. The summed E-state index contributed by atoms with van der Waals surface area (Å²) in [5, 5.41) is 15.3. The maximum absolute atomic E-state index is 12.1. The van der Waals surface area contributed by atoms with E-state index in [1.807, 2.05) is 29.0 Å². The highest BCUT2D eigenvalue weighted by atomic mass is 32.1. The molecule has 2 aromatic rings. The number of carbonyl (C=O) groups is 2. The van der Waals surface area contributed by atoms with E-state index in [4.69, 9.17) is 0 Å². The van der Waals surface area contributed by atoms with Gasteiger partial charge in [-0.05, 0) is 18.4 Å². The first-order chi connectivity index (χ1) is 10.6. The number of carbonyl (C=O) groups excluding carboxylic acids is 2. The molecule has 2 rings (SSSR count). The monoisotopic (exact) mass is 321 g/mol. The second-order valence-corrected chi connectivity index (χ2v) is 5.76. The first-order valence-electron chi connectivity index (χ1n) is 7.04. The van der Waals surface area contributed by atoms with Gasteiger partial charge in [-0.2, -0.15) is 0 Å². The molecular weight excluding hydrogens is 302 g/mol. The lowest BCUT2D eigenvalue weighted by Gasteiger charge is -2.16. The van der Waals surface area contributed by atoms with Crippen LogP contribution in [0.25, 0.3) is 0 Å². The minimum absolute atomic E-state index is 0.141. The van der Waals surface area contributed by atoms with Crippen LogP contribution in [0.5, 0.6) is 0 Å². The van der Waals surface area contributed by atoms with Crippen molar-refractivity contribution in [3.8, 4) is 0 Å². The van der Waals surface area contributed by atoms with Crippen LogP contribution in [-0.2, 0) is 22.7 Å². The zero-order chi connectivity index (χ0) is 15.9. The molecule has 118 valence electrons. The Morgan fingerprint density at radius 3 is 2.91 bits per heavy atom. The fourth-order valence-electron chi connectivity index (χ4n) is 2.07. The van der Waals surface area contributed by atoms with Gasteiger partial charge in [-0.25, -0.2) is 0 Å². The lowest BCUT2D eigenvalue weighted by Crippen LogP contribution is -2.32. The van der Waals surface area contributed by atoms with Crippen molar-refractivity contribution in [1.82, 2.24) is 25.4 Å². The van der Waals surface area contributed by atoms with E-state index in [1.54, 1.807) is 6.33 Å². The van der Waals surface area contributed by atoms with Gasteiger partial charge < -0.3 is 15.2 Å². The van der Waals surface area contributed by atoms with E-state index in [2.05, 4.69) is 20.8 Å². The maximum Gasteiger partial charge on any atom is 0.222 e. The second-order valence-electron chi connectivity index (χ2n) is 4.78. The standard InChI is InChI=1S/C14H19N5O2S/c1-3-19-9-16-18-13(19)8-15-14(21)7-11(17-10(2)20)12-5-4-6-22-12/h4-6,9,11H,3,7-8H2,1-2H3,(H,15,21)(H,17,20)/t11-/m0/s1. The Morgan fingerprint density at radius 1 is 1.45 bits per heavy atom. The van der Waals surface area contributed by atoms with E-state index in [9.17, 15) is 9.59 Å². The number of nitrogens with zero attached hydrogens (tertiary/aromatic N) is 3. The van der Waals surface area contributed by atoms with Gasteiger partial charge in [0, 0.05) is 18.3 Å². The van der Waals surface area contributed by atoms with Crippen LogP contribution in [0.3, 0.4) is 0 Å². The molecule has 0 aromatic carbocycles. The van der Waals surface area contributed by atoms with E-state index >= 15 is 0 Å². The molecule has 0 spiro atoms. The van der Waals surface area contributed by atoms with E-state index in [-0.39, 0.29) is 24.3 Å². The van der Waals surface area contributed by atoms with Crippen molar-refractivity contribution >= 4 is 23.2 Å². The van der Waals surface area contributed by atoms with Gasteiger partial charge in [0.25, 0.3) is 0 Å². The predicted octanol–water partition coefficient (Wildman–Crippen LogP) is 1.24. The lowest BCUT2D eigenvalue weighted by molar-refractivity contribution is -0.122. The van der Waals surface area contributed by atoms with Crippen molar-refractivity contribution in [3.05, 3.63) is 34.5 Å². The minimum atomic E-state index is -0.304. The highest BCUT2D eigenvalue weighted by Gasteiger charge is 2.18. The number of thiophene rings is 1. The van der Waals surface area contributed by atoms with Crippen LogP contribution >= 0.6 is 11.3 Å². The number of nitrogens with one attached hydrogen (secondary N) is 2. The Morgan fingerprint density at radius 2 is 2.27 bits per heavy atom. The summed E-state index contributed by atoms with van der Waals surface area (Å²) in [6, 6.07) is 3.50. The van der Waals surface area contributed by atoms with Crippen LogP contribution in [0.15, 0.2) is 23.8 Å². The Balaban J connectivity index is 1.92. The zero-order valence-corrected chi connectivity index (χ0v) is 13.4. The normalized spacial score (nSPS) is 11.9. The minimum Gasteiger partial charge on any atom is -0.349 e. The van der Waals surface area contributed by atoms with Gasteiger partial charge in [-0.1, -0.05) is 6.07 Å². The molecule has 0 radical (unpaired) electrons. The number of aryl methyl sites for hydroxylation is 1. The van der Waals surface area contributed by atoms with Gasteiger partial charge in [0.1, 0.15) is 6.33 Å². The SMILES string of the molecule is CCn1cnnc1CNC(=O)C[C@H](NC(C)=O)c1cccs1. The van der Waals surface area contributed by atoms with Crippen LogP contribution in [0.1, 0.15) is 37.0 Å². The van der Waals surface area contributed by atoms with Crippen molar-refractivity contribution in [3.63, 3.8) is 0 Å². The molecule has 2 aromatic heterocycles. The van der Waals surface area contributed by atoms with Gasteiger partial charge in [-0.3, -0.25) is 9.59 Å². The van der Waals surface area contributed by atoms with Crippen LogP contribution in [-0.4, -0.2) is 26.6 Å². The Bertz CT molecular complexity index is 623. The van der Waals surface area contributed by atoms with Crippen molar-refractivity contribution in [2.24, 2.45) is 0 Å². The lowest BCUT2D eigenvalue weighted by atomic mass is 10.1. The third kappa shape index (κ3) is 4.39. The highest BCUT2D eigenvalue weighted by Crippen LogP contribution is 2.21. The van der Waals surface area contributed by atoms with Crippen molar-refractivity contribution in [2.75, 3.05) is 0 Å². The predicted molar refractivity (Wildman–Crippen MR) is 83.0 cm³/mol.